The summed E-state index contributed by atoms with van der Waals surface area (Å²) in [7, 11) is 1.71. The van der Waals surface area contributed by atoms with Crippen molar-refractivity contribution in [2.75, 3.05) is 7.05 Å². The van der Waals surface area contributed by atoms with Crippen LogP contribution < -0.4 is 5.32 Å². The average Bonchev–Trinajstić information content (AvgIpc) is 2.64. The van der Waals surface area contributed by atoms with E-state index in [-0.39, 0.29) is 5.91 Å². The van der Waals surface area contributed by atoms with Gasteiger partial charge in [-0.3, -0.25) is 4.79 Å². The minimum Gasteiger partial charge on any atom is -0.359 e. The van der Waals surface area contributed by atoms with E-state index in [2.05, 4.69) is 19.2 Å². The first-order valence-corrected chi connectivity index (χ1v) is 3.88. The summed E-state index contributed by atoms with van der Waals surface area (Å²) in [6, 6.07) is 0. The molecule has 1 rings (SSSR count). The zero-order valence-corrected chi connectivity index (χ0v) is 6.85. The topological polar surface area (TPSA) is 29.1 Å². The fraction of sp³-hybridized carbons (Fsp3) is 0.875. The number of hydrogen-bond acceptors (Lipinski definition) is 1. The van der Waals surface area contributed by atoms with Gasteiger partial charge >= 0.3 is 0 Å². The molecule has 1 amide bonds. The van der Waals surface area contributed by atoms with E-state index in [1.165, 1.54) is 0 Å². The minimum atomic E-state index is 0.221. The lowest BCUT2D eigenvalue weighted by Gasteiger charge is -2.01. The van der Waals surface area contributed by atoms with Crippen molar-refractivity contribution in [1.82, 2.24) is 5.32 Å². The Hall–Kier alpha value is -0.530. The molecule has 1 N–H and O–H groups in total. The van der Waals surface area contributed by atoms with Crippen molar-refractivity contribution in [3.05, 3.63) is 0 Å². The van der Waals surface area contributed by atoms with Crippen molar-refractivity contribution in [1.29, 1.82) is 0 Å². The molecule has 0 bridgehead atoms. The van der Waals surface area contributed by atoms with Gasteiger partial charge in [0.15, 0.2) is 0 Å². The van der Waals surface area contributed by atoms with E-state index < -0.39 is 0 Å². The van der Waals surface area contributed by atoms with Crippen molar-refractivity contribution in [2.24, 2.45) is 17.8 Å². The highest BCUT2D eigenvalue weighted by atomic mass is 16.1. The predicted molar refractivity (Wildman–Crippen MR) is 40.5 cm³/mol. The second-order valence-electron chi connectivity index (χ2n) is 3.36. The molecule has 1 aliphatic carbocycles. The highest BCUT2D eigenvalue weighted by Crippen LogP contribution is 2.43. The lowest BCUT2D eigenvalue weighted by atomic mass is 10.1. The summed E-state index contributed by atoms with van der Waals surface area (Å²) >= 11 is 0. The first-order chi connectivity index (χ1) is 4.66. The first kappa shape index (κ1) is 7.58. The van der Waals surface area contributed by atoms with Crippen LogP contribution in [0.3, 0.4) is 0 Å². The van der Waals surface area contributed by atoms with E-state index in [1.807, 2.05) is 0 Å². The Morgan fingerprint density at radius 2 is 2.20 bits per heavy atom. The lowest BCUT2D eigenvalue weighted by Crippen LogP contribution is -2.21. The molecule has 1 aliphatic rings. The number of hydrogen-bond donors (Lipinski definition) is 1. The normalized spacial score (nSPS) is 30.4. The van der Waals surface area contributed by atoms with E-state index in [0.29, 0.717) is 17.8 Å². The van der Waals surface area contributed by atoms with Gasteiger partial charge in [-0.1, -0.05) is 13.8 Å². The van der Waals surface area contributed by atoms with Gasteiger partial charge in [0, 0.05) is 13.0 Å². The maximum absolute atomic E-state index is 11.0. The van der Waals surface area contributed by atoms with Crippen molar-refractivity contribution < 1.29 is 4.79 Å². The van der Waals surface area contributed by atoms with Crippen molar-refractivity contribution in [2.45, 2.75) is 20.3 Å². The summed E-state index contributed by atoms with van der Waals surface area (Å²) in [5.41, 5.74) is 0. The second-order valence-corrected chi connectivity index (χ2v) is 3.36. The van der Waals surface area contributed by atoms with E-state index in [1.54, 1.807) is 7.05 Å². The fourth-order valence-electron chi connectivity index (χ4n) is 1.44. The van der Waals surface area contributed by atoms with Crippen LogP contribution in [0.15, 0.2) is 0 Å². The van der Waals surface area contributed by atoms with E-state index in [4.69, 9.17) is 0 Å². The van der Waals surface area contributed by atoms with Crippen molar-refractivity contribution >= 4 is 5.91 Å². The van der Waals surface area contributed by atoms with Crippen LogP contribution in [-0.2, 0) is 4.79 Å². The first-order valence-electron chi connectivity index (χ1n) is 3.88. The average molecular weight is 141 g/mol. The van der Waals surface area contributed by atoms with Gasteiger partial charge in [-0.2, -0.15) is 0 Å². The van der Waals surface area contributed by atoms with Gasteiger partial charge in [0.2, 0.25) is 5.91 Å². The largest absolute Gasteiger partial charge is 0.359 e. The molecule has 0 radical (unpaired) electrons. The summed E-state index contributed by atoms with van der Waals surface area (Å²) in [5, 5.41) is 2.67. The quantitative estimate of drug-likeness (QED) is 0.611. The molecule has 58 valence electrons. The van der Waals surface area contributed by atoms with E-state index >= 15 is 0 Å². The molecule has 1 saturated carbocycles. The summed E-state index contributed by atoms with van der Waals surface area (Å²) in [5.74, 6) is 1.87. The number of nitrogens with one attached hydrogen (secondary N) is 1. The molecule has 0 unspecified atom stereocenters. The molecule has 0 heterocycles. The number of rotatable bonds is 2. The summed E-state index contributed by atoms with van der Waals surface area (Å²) < 4.78 is 0. The molecule has 10 heavy (non-hydrogen) atoms. The van der Waals surface area contributed by atoms with Crippen LogP contribution in [0.25, 0.3) is 0 Å². The molecule has 1 fully saturated rings. The zero-order valence-electron chi connectivity index (χ0n) is 6.85. The van der Waals surface area contributed by atoms with Gasteiger partial charge < -0.3 is 5.32 Å². The molecule has 0 aromatic rings. The summed E-state index contributed by atoms with van der Waals surface area (Å²) in [6.07, 6.45) is 1.09. The van der Waals surface area contributed by atoms with Gasteiger partial charge in [-0.15, -0.1) is 0 Å². The van der Waals surface area contributed by atoms with Crippen LogP contribution >= 0.6 is 0 Å². The monoisotopic (exact) mass is 141 g/mol. The van der Waals surface area contributed by atoms with Gasteiger partial charge in [0.05, 0.1) is 0 Å². The number of carbonyl (C=O) groups is 1. The lowest BCUT2D eigenvalue weighted by molar-refractivity contribution is -0.122. The smallest absolute Gasteiger partial charge is 0.223 e. The molecule has 2 atom stereocenters. The van der Waals surface area contributed by atoms with Crippen LogP contribution in [0.2, 0.25) is 0 Å². The third-order valence-electron chi connectivity index (χ3n) is 2.28. The van der Waals surface area contributed by atoms with Crippen LogP contribution in [-0.4, -0.2) is 13.0 Å². The Labute approximate surface area is 62.0 Å². The maximum atomic E-state index is 11.0. The number of carbonyl (C=O) groups excluding carboxylic acids is 1. The standard InChI is InChI=1S/C8H15NO/c1-5(2)6-4-7(6)8(10)9-3/h5-7H,4H2,1-3H3,(H,9,10)/t6-,7-/m1/s1. The predicted octanol–water partition coefficient (Wildman–Crippen LogP) is 1.02. The second kappa shape index (κ2) is 2.60. The van der Waals surface area contributed by atoms with Crippen LogP contribution in [0.1, 0.15) is 20.3 Å². The molecule has 0 aromatic heterocycles. The molecular formula is C8H15NO. The molecule has 0 spiro atoms. The summed E-state index contributed by atoms with van der Waals surface area (Å²) in [6.45, 7) is 4.35. The minimum absolute atomic E-state index is 0.221. The van der Waals surface area contributed by atoms with Crippen LogP contribution in [0.4, 0.5) is 0 Å². The van der Waals surface area contributed by atoms with Crippen LogP contribution in [0, 0.1) is 17.8 Å². The Balaban J connectivity index is 2.31. The Bertz CT molecular complexity index is 142. The third-order valence-corrected chi connectivity index (χ3v) is 2.28. The van der Waals surface area contributed by atoms with Crippen molar-refractivity contribution in [3.8, 4) is 0 Å². The zero-order chi connectivity index (χ0) is 7.72. The fourth-order valence-corrected chi connectivity index (χ4v) is 1.44. The van der Waals surface area contributed by atoms with E-state index in [0.717, 1.165) is 6.42 Å². The Morgan fingerprint density at radius 3 is 2.50 bits per heavy atom. The molecular weight excluding hydrogens is 126 g/mol. The Kier molecular flexibility index (Phi) is 1.97. The molecule has 0 aliphatic heterocycles. The van der Waals surface area contributed by atoms with Gasteiger partial charge in [0.1, 0.15) is 0 Å². The van der Waals surface area contributed by atoms with Gasteiger partial charge in [-0.05, 0) is 18.3 Å². The Morgan fingerprint density at radius 1 is 1.60 bits per heavy atom. The number of amides is 1. The van der Waals surface area contributed by atoms with Crippen molar-refractivity contribution in [3.63, 3.8) is 0 Å². The summed E-state index contributed by atoms with van der Waals surface area (Å²) in [4.78, 5) is 11.0. The molecule has 2 heteroatoms. The van der Waals surface area contributed by atoms with Gasteiger partial charge in [0.25, 0.3) is 0 Å². The highest BCUT2D eigenvalue weighted by Gasteiger charge is 2.43. The molecule has 0 aromatic carbocycles. The van der Waals surface area contributed by atoms with E-state index in [9.17, 15) is 4.79 Å². The molecule has 2 nitrogen and oxygen atoms in total. The van der Waals surface area contributed by atoms with Crippen LogP contribution in [0.5, 0.6) is 0 Å². The third kappa shape index (κ3) is 1.31. The highest BCUT2D eigenvalue weighted by molar-refractivity contribution is 5.81. The molecule has 0 saturated heterocycles. The van der Waals surface area contributed by atoms with Gasteiger partial charge in [-0.25, -0.2) is 0 Å². The SMILES string of the molecule is CNC(=O)[C@@H]1C[C@@H]1C(C)C. The maximum Gasteiger partial charge on any atom is 0.223 e.